The van der Waals surface area contributed by atoms with Crippen molar-refractivity contribution in [2.75, 3.05) is 18.1 Å². The molecule has 154 valence electrons. The van der Waals surface area contributed by atoms with Crippen molar-refractivity contribution < 1.29 is 14.3 Å². The van der Waals surface area contributed by atoms with E-state index in [2.05, 4.69) is 15.1 Å². The van der Waals surface area contributed by atoms with E-state index < -0.39 is 5.60 Å². The Hall–Kier alpha value is -1.76. The first-order valence-electron chi connectivity index (χ1n) is 10.3. The zero-order chi connectivity index (χ0) is 19.9. The fraction of sp³-hybridized carbons (Fsp3) is 0.750. The second-order valence-corrected chi connectivity index (χ2v) is 9.39. The summed E-state index contributed by atoms with van der Waals surface area (Å²) >= 11 is 6.02. The van der Waals surface area contributed by atoms with E-state index in [9.17, 15) is 4.79 Å². The molecule has 3 aliphatic rings. The molecule has 28 heavy (non-hydrogen) atoms. The van der Waals surface area contributed by atoms with Gasteiger partial charge in [0.2, 0.25) is 0 Å². The van der Waals surface area contributed by atoms with E-state index >= 15 is 0 Å². The Morgan fingerprint density at radius 3 is 2.57 bits per heavy atom. The normalized spacial score (nSPS) is 27.5. The SMILES string of the molecule is CC(C)(C)OC(=O)N1[C@@H]2CCC[C@H]1C[C@H](N1CCCOc3cc(Cl)nnc31)C2. The van der Waals surface area contributed by atoms with E-state index in [4.69, 9.17) is 21.1 Å². The molecule has 0 unspecified atom stereocenters. The molecule has 2 bridgehead atoms. The highest BCUT2D eigenvalue weighted by Crippen LogP contribution is 2.40. The van der Waals surface area contributed by atoms with E-state index in [0.29, 0.717) is 23.6 Å². The number of amides is 1. The van der Waals surface area contributed by atoms with Crippen LogP contribution in [-0.2, 0) is 4.74 Å². The number of anilines is 1. The third kappa shape index (κ3) is 4.00. The minimum absolute atomic E-state index is 0.174. The summed E-state index contributed by atoms with van der Waals surface area (Å²) in [6, 6.07) is 2.48. The third-order valence-electron chi connectivity index (χ3n) is 5.78. The molecule has 0 aliphatic carbocycles. The molecule has 3 aliphatic heterocycles. The van der Waals surface area contributed by atoms with E-state index in [1.807, 2.05) is 25.7 Å². The highest BCUT2D eigenvalue weighted by Gasteiger charge is 2.44. The van der Waals surface area contributed by atoms with Gasteiger partial charge in [-0.1, -0.05) is 11.6 Å². The van der Waals surface area contributed by atoms with Crippen LogP contribution in [-0.4, -0.2) is 58.1 Å². The maximum Gasteiger partial charge on any atom is 0.410 e. The average molecular weight is 409 g/mol. The van der Waals surface area contributed by atoms with Gasteiger partial charge < -0.3 is 19.3 Å². The number of halogens is 1. The first kappa shape index (κ1) is 19.6. The largest absolute Gasteiger partial charge is 0.489 e. The summed E-state index contributed by atoms with van der Waals surface area (Å²) < 4.78 is 11.5. The van der Waals surface area contributed by atoms with E-state index in [1.165, 1.54) is 0 Å². The molecule has 1 aromatic rings. The van der Waals surface area contributed by atoms with Crippen molar-refractivity contribution in [2.24, 2.45) is 0 Å². The lowest BCUT2D eigenvalue weighted by Crippen LogP contribution is -2.59. The third-order valence-corrected chi connectivity index (χ3v) is 5.96. The van der Waals surface area contributed by atoms with Gasteiger partial charge in [0, 0.05) is 30.7 Å². The number of ether oxygens (including phenoxy) is 2. The Morgan fingerprint density at radius 2 is 1.89 bits per heavy atom. The lowest BCUT2D eigenvalue weighted by atomic mass is 9.81. The van der Waals surface area contributed by atoms with Gasteiger partial charge in [-0.05, 0) is 59.3 Å². The number of hydrogen-bond acceptors (Lipinski definition) is 6. The first-order valence-corrected chi connectivity index (χ1v) is 10.6. The molecule has 4 rings (SSSR count). The number of nitrogens with zero attached hydrogens (tertiary/aromatic N) is 4. The molecule has 2 fully saturated rings. The zero-order valence-electron chi connectivity index (χ0n) is 16.9. The number of carbonyl (C=O) groups is 1. The fourth-order valence-corrected chi connectivity index (χ4v) is 4.89. The number of fused-ring (bicyclic) bond motifs is 3. The lowest BCUT2D eigenvalue weighted by molar-refractivity contribution is -0.0216. The summed E-state index contributed by atoms with van der Waals surface area (Å²) in [5.74, 6) is 1.48. The Morgan fingerprint density at radius 1 is 1.18 bits per heavy atom. The summed E-state index contributed by atoms with van der Waals surface area (Å²) in [6.45, 7) is 7.29. The molecular formula is C20H29ClN4O3. The maximum absolute atomic E-state index is 12.8. The van der Waals surface area contributed by atoms with Gasteiger partial charge in [0.25, 0.3) is 0 Å². The van der Waals surface area contributed by atoms with Crippen molar-refractivity contribution in [2.45, 2.75) is 83.0 Å². The van der Waals surface area contributed by atoms with Crippen molar-refractivity contribution in [3.8, 4) is 5.75 Å². The van der Waals surface area contributed by atoms with Gasteiger partial charge in [-0.3, -0.25) is 0 Å². The molecule has 8 heteroatoms. The number of rotatable bonds is 1. The van der Waals surface area contributed by atoms with Crippen LogP contribution in [0.4, 0.5) is 10.6 Å². The topological polar surface area (TPSA) is 67.8 Å². The molecule has 3 atom stereocenters. The molecule has 1 aromatic heterocycles. The molecule has 2 saturated heterocycles. The standard InChI is InChI=1S/C20H29ClN4O3/c1-20(2,3)28-19(26)25-13-6-4-7-14(25)11-15(10-13)24-8-5-9-27-16-12-17(21)22-23-18(16)24/h12-15H,4-11H2,1-3H3/t13-,14+,15-. The predicted octanol–water partition coefficient (Wildman–Crippen LogP) is 4.04. The molecule has 0 saturated carbocycles. The van der Waals surface area contributed by atoms with Crippen molar-refractivity contribution in [1.82, 2.24) is 15.1 Å². The van der Waals surface area contributed by atoms with Crippen LogP contribution in [0.15, 0.2) is 6.07 Å². The van der Waals surface area contributed by atoms with Gasteiger partial charge in [0.15, 0.2) is 16.7 Å². The molecule has 1 amide bonds. The Balaban J connectivity index is 1.55. The maximum atomic E-state index is 12.8. The van der Waals surface area contributed by atoms with Crippen LogP contribution in [0.5, 0.6) is 5.75 Å². The van der Waals surface area contributed by atoms with Crippen molar-refractivity contribution in [3.05, 3.63) is 11.2 Å². The van der Waals surface area contributed by atoms with Gasteiger partial charge >= 0.3 is 6.09 Å². The van der Waals surface area contributed by atoms with Gasteiger partial charge in [-0.2, -0.15) is 0 Å². The van der Waals surface area contributed by atoms with Gasteiger partial charge in [-0.15, -0.1) is 10.2 Å². The quantitative estimate of drug-likeness (QED) is 0.698. The monoisotopic (exact) mass is 408 g/mol. The molecule has 0 radical (unpaired) electrons. The second kappa shape index (κ2) is 7.58. The number of hydrogen-bond donors (Lipinski definition) is 0. The van der Waals surface area contributed by atoms with Crippen LogP contribution in [0.25, 0.3) is 0 Å². The Bertz CT molecular complexity index is 725. The van der Waals surface area contributed by atoms with E-state index in [0.717, 1.165) is 50.9 Å². The van der Waals surface area contributed by atoms with Crippen LogP contribution < -0.4 is 9.64 Å². The summed E-state index contributed by atoms with van der Waals surface area (Å²) in [7, 11) is 0. The van der Waals surface area contributed by atoms with E-state index in [-0.39, 0.29) is 18.2 Å². The van der Waals surface area contributed by atoms with Gasteiger partial charge in [-0.25, -0.2) is 4.79 Å². The fourth-order valence-electron chi connectivity index (χ4n) is 4.75. The summed E-state index contributed by atoms with van der Waals surface area (Å²) in [4.78, 5) is 17.2. The van der Waals surface area contributed by atoms with Crippen LogP contribution in [0.3, 0.4) is 0 Å². The van der Waals surface area contributed by atoms with Gasteiger partial charge in [0.05, 0.1) is 6.61 Å². The molecule has 0 aromatic carbocycles. The van der Waals surface area contributed by atoms with Crippen molar-refractivity contribution in [1.29, 1.82) is 0 Å². The van der Waals surface area contributed by atoms with Crippen LogP contribution in [0.2, 0.25) is 5.15 Å². The van der Waals surface area contributed by atoms with Gasteiger partial charge in [0.1, 0.15) is 5.60 Å². The Kier molecular flexibility index (Phi) is 5.29. The van der Waals surface area contributed by atoms with Crippen molar-refractivity contribution >= 4 is 23.5 Å². The molecule has 0 spiro atoms. The predicted molar refractivity (Wildman–Crippen MR) is 107 cm³/mol. The van der Waals surface area contributed by atoms with Crippen molar-refractivity contribution in [3.63, 3.8) is 0 Å². The average Bonchev–Trinajstić information content (AvgIpc) is 2.81. The minimum atomic E-state index is -0.474. The zero-order valence-corrected chi connectivity index (χ0v) is 17.6. The van der Waals surface area contributed by atoms with Crippen LogP contribution in [0, 0.1) is 0 Å². The summed E-state index contributed by atoms with van der Waals surface area (Å²) in [6.07, 6.45) is 5.79. The second-order valence-electron chi connectivity index (χ2n) is 9.00. The van der Waals surface area contributed by atoms with Crippen LogP contribution in [0.1, 0.15) is 59.3 Å². The molecular weight excluding hydrogens is 380 g/mol. The minimum Gasteiger partial charge on any atom is -0.489 e. The molecule has 4 heterocycles. The highest BCUT2D eigenvalue weighted by atomic mass is 35.5. The molecule has 0 N–H and O–H groups in total. The lowest BCUT2D eigenvalue weighted by Gasteiger charge is -2.50. The Labute approximate surface area is 171 Å². The number of carbonyl (C=O) groups excluding carboxylic acids is 1. The van der Waals surface area contributed by atoms with Crippen LogP contribution >= 0.6 is 11.6 Å². The number of piperidine rings is 2. The first-order chi connectivity index (χ1) is 13.3. The number of aromatic nitrogens is 2. The summed E-state index contributed by atoms with van der Waals surface area (Å²) in [5.41, 5.74) is -0.474. The summed E-state index contributed by atoms with van der Waals surface area (Å²) in [5, 5.41) is 8.73. The molecule has 7 nitrogen and oxygen atoms in total. The smallest absolute Gasteiger partial charge is 0.410 e. The van der Waals surface area contributed by atoms with E-state index in [1.54, 1.807) is 6.07 Å². The highest BCUT2D eigenvalue weighted by molar-refractivity contribution is 6.29.